The molecule has 7 heteroatoms. The summed E-state index contributed by atoms with van der Waals surface area (Å²) in [7, 11) is -3.81. The molecule has 0 aliphatic rings. The van der Waals surface area contributed by atoms with Crippen molar-refractivity contribution in [3.05, 3.63) is 72.1 Å². The topological polar surface area (TPSA) is 74.1 Å². The van der Waals surface area contributed by atoms with E-state index in [4.69, 9.17) is 4.18 Å². The molecule has 0 aliphatic carbocycles. The number of hydrogen-bond donors (Lipinski definition) is 0. The minimum Gasteiger partial charge on any atom is -0.260 e. The second kappa shape index (κ2) is 6.31. The summed E-state index contributed by atoms with van der Waals surface area (Å²) in [5, 5.41) is 7.89. The molecule has 0 unspecified atom stereocenters. The van der Waals surface area contributed by atoms with Crippen LogP contribution in [0, 0.1) is 6.92 Å². The third kappa shape index (κ3) is 3.64. The number of aryl methyl sites for hydroxylation is 1. The van der Waals surface area contributed by atoms with E-state index in [1.54, 1.807) is 23.0 Å². The first-order valence-corrected chi connectivity index (χ1v) is 8.38. The molecule has 6 nitrogen and oxygen atoms in total. The van der Waals surface area contributed by atoms with Gasteiger partial charge < -0.3 is 0 Å². The predicted octanol–water partition coefficient (Wildman–Crippen LogP) is 2.48. The molecular formula is C16H15N3O3S. The summed E-state index contributed by atoms with van der Waals surface area (Å²) in [6, 6.07) is 15.9. The SMILES string of the molecule is Cc1ccc(S(=O)(=O)OCc2cn(-c3ccccc3)nn2)cc1. The van der Waals surface area contributed by atoms with Gasteiger partial charge in [0, 0.05) is 0 Å². The van der Waals surface area contributed by atoms with E-state index in [1.165, 1.54) is 12.1 Å². The number of benzene rings is 2. The van der Waals surface area contributed by atoms with Gasteiger partial charge in [-0.2, -0.15) is 8.42 Å². The highest BCUT2D eigenvalue weighted by atomic mass is 32.2. The van der Waals surface area contributed by atoms with Gasteiger partial charge in [-0.05, 0) is 31.2 Å². The molecule has 0 amide bonds. The van der Waals surface area contributed by atoms with E-state index in [0.717, 1.165) is 11.3 Å². The fourth-order valence-electron chi connectivity index (χ4n) is 1.98. The van der Waals surface area contributed by atoms with Gasteiger partial charge in [0.1, 0.15) is 12.3 Å². The van der Waals surface area contributed by atoms with Crippen LogP contribution < -0.4 is 0 Å². The lowest BCUT2D eigenvalue weighted by atomic mass is 10.2. The molecular weight excluding hydrogens is 314 g/mol. The number of para-hydroxylation sites is 1. The lowest BCUT2D eigenvalue weighted by Crippen LogP contribution is -2.06. The van der Waals surface area contributed by atoms with Crippen LogP contribution >= 0.6 is 0 Å². The van der Waals surface area contributed by atoms with Crippen LogP contribution in [0.15, 0.2) is 65.7 Å². The first-order valence-electron chi connectivity index (χ1n) is 6.97. The Balaban J connectivity index is 1.71. The van der Waals surface area contributed by atoms with Gasteiger partial charge in [0.25, 0.3) is 10.1 Å². The monoisotopic (exact) mass is 329 g/mol. The van der Waals surface area contributed by atoms with Crippen molar-refractivity contribution in [2.45, 2.75) is 18.4 Å². The van der Waals surface area contributed by atoms with E-state index >= 15 is 0 Å². The highest BCUT2D eigenvalue weighted by Crippen LogP contribution is 2.15. The summed E-state index contributed by atoms with van der Waals surface area (Å²) < 4.78 is 30.8. The quantitative estimate of drug-likeness (QED) is 0.672. The zero-order valence-corrected chi connectivity index (χ0v) is 13.3. The normalized spacial score (nSPS) is 11.5. The van der Waals surface area contributed by atoms with Crippen LogP contribution in [0.1, 0.15) is 11.3 Å². The van der Waals surface area contributed by atoms with Gasteiger partial charge in [0.05, 0.1) is 16.8 Å². The molecule has 0 atom stereocenters. The predicted molar refractivity (Wildman–Crippen MR) is 84.5 cm³/mol. The molecule has 2 aromatic carbocycles. The Morgan fingerprint density at radius 2 is 1.74 bits per heavy atom. The van der Waals surface area contributed by atoms with Crippen molar-refractivity contribution in [1.29, 1.82) is 0 Å². The number of aromatic nitrogens is 3. The first-order chi connectivity index (χ1) is 11.0. The highest BCUT2D eigenvalue weighted by Gasteiger charge is 2.16. The summed E-state index contributed by atoms with van der Waals surface area (Å²) >= 11 is 0. The molecule has 0 radical (unpaired) electrons. The minimum atomic E-state index is -3.81. The summed E-state index contributed by atoms with van der Waals surface area (Å²) in [6.45, 7) is 1.72. The largest absolute Gasteiger partial charge is 0.297 e. The van der Waals surface area contributed by atoms with Crippen LogP contribution in [0.5, 0.6) is 0 Å². The standard InChI is InChI=1S/C16H15N3O3S/c1-13-7-9-16(10-8-13)23(20,21)22-12-14-11-19(18-17-14)15-5-3-2-4-6-15/h2-11H,12H2,1H3. The van der Waals surface area contributed by atoms with Crippen molar-refractivity contribution in [3.8, 4) is 5.69 Å². The third-order valence-electron chi connectivity index (χ3n) is 3.23. The molecule has 1 aromatic heterocycles. The molecule has 23 heavy (non-hydrogen) atoms. The Kier molecular flexibility index (Phi) is 4.22. The van der Waals surface area contributed by atoms with E-state index in [-0.39, 0.29) is 11.5 Å². The molecule has 0 spiro atoms. The fraction of sp³-hybridized carbons (Fsp3) is 0.125. The average molecular weight is 329 g/mol. The fourth-order valence-corrected chi connectivity index (χ4v) is 2.86. The Bertz CT molecular complexity index is 888. The number of nitrogens with zero attached hydrogens (tertiary/aromatic N) is 3. The Morgan fingerprint density at radius 3 is 2.43 bits per heavy atom. The zero-order chi connectivity index (χ0) is 16.3. The van der Waals surface area contributed by atoms with Crippen molar-refractivity contribution < 1.29 is 12.6 Å². The summed E-state index contributed by atoms with van der Waals surface area (Å²) in [5.41, 5.74) is 2.26. The minimum absolute atomic E-state index is 0.124. The molecule has 0 aliphatic heterocycles. The van der Waals surface area contributed by atoms with E-state index in [9.17, 15) is 8.42 Å². The van der Waals surface area contributed by atoms with Gasteiger partial charge in [-0.15, -0.1) is 5.10 Å². The van der Waals surface area contributed by atoms with Crippen LogP contribution in [-0.4, -0.2) is 23.4 Å². The maximum atomic E-state index is 12.1. The van der Waals surface area contributed by atoms with Crippen molar-refractivity contribution in [3.63, 3.8) is 0 Å². The number of hydrogen-bond acceptors (Lipinski definition) is 5. The van der Waals surface area contributed by atoms with Crippen LogP contribution in [0.4, 0.5) is 0 Å². The van der Waals surface area contributed by atoms with Crippen LogP contribution in [0.3, 0.4) is 0 Å². The van der Waals surface area contributed by atoms with Gasteiger partial charge in [-0.3, -0.25) is 4.18 Å². The van der Waals surface area contributed by atoms with Gasteiger partial charge in [0.15, 0.2) is 0 Å². The van der Waals surface area contributed by atoms with Crippen molar-refractivity contribution in [2.24, 2.45) is 0 Å². The van der Waals surface area contributed by atoms with Crippen LogP contribution in [0.2, 0.25) is 0 Å². The van der Waals surface area contributed by atoms with Crippen LogP contribution in [0.25, 0.3) is 5.69 Å². The van der Waals surface area contributed by atoms with E-state index in [2.05, 4.69) is 10.3 Å². The Morgan fingerprint density at radius 1 is 1.04 bits per heavy atom. The molecule has 0 N–H and O–H groups in total. The molecule has 0 saturated carbocycles. The first kappa shape index (κ1) is 15.4. The van der Waals surface area contributed by atoms with E-state index < -0.39 is 10.1 Å². The van der Waals surface area contributed by atoms with Gasteiger partial charge in [-0.1, -0.05) is 41.1 Å². The Labute approximate surface area is 134 Å². The molecule has 1 heterocycles. The van der Waals surface area contributed by atoms with Gasteiger partial charge in [0.2, 0.25) is 0 Å². The van der Waals surface area contributed by atoms with Crippen molar-refractivity contribution in [1.82, 2.24) is 15.0 Å². The third-order valence-corrected chi connectivity index (χ3v) is 4.51. The summed E-state index contributed by atoms with van der Waals surface area (Å²) in [6.07, 6.45) is 1.64. The van der Waals surface area contributed by atoms with Crippen LogP contribution in [-0.2, 0) is 20.9 Å². The van der Waals surface area contributed by atoms with E-state index in [1.807, 2.05) is 37.3 Å². The molecule has 0 saturated heterocycles. The second-order valence-corrected chi connectivity index (χ2v) is 6.63. The van der Waals surface area contributed by atoms with Crippen molar-refractivity contribution >= 4 is 10.1 Å². The molecule has 3 aromatic rings. The molecule has 118 valence electrons. The maximum Gasteiger partial charge on any atom is 0.297 e. The second-order valence-electron chi connectivity index (χ2n) is 5.02. The summed E-state index contributed by atoms with van der Waals surface area (Å²) in [5.74, 6) is 0. The molecule has 0 fully saturated rings. The molecule has 3 rings (SSSR count). The lowest BCUT2D eigenvalue weighted by molar-refractivity contribution is 0.303. The average Bonchev–Trinajstić information content (AvgIpc) is 3.03. The van der Waals surface area contributed by atoms with Crippen molar-refractivity contribution in [2.75, 3.05) is 0 Å². The highest BCUT2D eigenvalue weighted by molar-refractivity contribution is 7.86. The smallest absolute Gasteiger partial charge is 0.260 e. The Hall–Kier alpha value is -2.51. The zero-order valence-electron chi connectivity index (χ0n) is 12.5. The lowest BCUT2D eigenvalue weighted by Gasteiger charge is -2.04. The van der Waals surface area contributed by atoms with E-state index in [0.29, 0.717) is 5.69 Å². The maximum absolute atomic E-state index is 12.1. The number of rotatable bonds is 5. The summed E-state index contributed by atoms with van der Waals surface area (Å²) in [4.78, 5) is 0.124. The van der Waals surface area contributed by atoms with Gasteiger partial charge >= 0.3 is 0 Å². The molecule has 0 bridgehead atoms. The van der Waals surface area contributed by atoms with Gasteiger partial charge in [-0.25, -0.2) is 4.68 Å².